The van der Waals surface area contributed by atoms with E-state index in [-0.39, 0.29) is 16.2 Å². The molecule has 0 aliphatic heterocycles. The second-order valence-electron chi connectivity index (χ2n) is 9.17. The van der Waals surface area contributed by atoms with Gasteiger partial charge in [-0.15, -0.1) is 0 Å². The van der Waals surface area contributed by atoms with Crippen molar-refractivity contribution in [3.05, 3.63) is 28.1 Å². The van der Waals surface area contributed by atoms with Crippen molar-refractivity contribution in [1.82, 2.24) is 4.98 Å². The molecule has 114 valence electrons. The van der Waals surface area contributed by atoms with E-state index >= 15 is 0 Å². The molecular weight excluding hydrogens is 242 g/mol. The largest absolute Gasteiger partial charge is 0.257 e. The molecule has 1 rings (SSSR count). The fourth-order valence-corrected chi connectivity index (χ4v) is 3.00. The maximum Gasteiger partial charge on any atom is 0.0500 e. The lowest BCUT2D eigenvalue weighted by Gasteiger charge is -2.37. The Kier molecular flexibility index (Phi) is 4.18. The third-order valence-electron chi connectivity index (χ3n) is 3.89. The Balaban J connectivity index is 3.96. The van der Waals surface area contributed by atoms with E-state index in [4.69, 9.17) is 4.98 Å². The summed E-state index contributed by atoms with van der Waals surface area (Å²) in [6, 6.07) is 0. The number of aromatic nitrogens is 1. The Bertz CT molecular complexity index is 503. The van der Waals surface area contributed by atoms with Gasteiger partial charge in [0.05, 0.1) is 5.69 Å². The molecule has 0 radical (unpaired) electrons. The maximum absolute atomic E-state index is 4.98. The minimum Gasteiger partial charge on any atom is -0.257 e. The van der Waals surface area contributed by atoms with Crippen molar-refractivity contribution in [1.29, 1.82) is 0 Å². The summed E-state index contributed by atoms with van der Waals surface area (Å²) >= 11 is 0. The van der Waals surface area contributed by atoms with Crippen LogP contribution in [0, 0.1) is 13.8 Å². The summed E-state index contributed by atoms with van der Waals surface area (Å²) in [4.78, 5) is 4.98. The maximum atomic E-state index is 4.98. The molecule has 0 spiro atoms. The highest BCUT2D eigenvalue weighted by atomic mass is 14.7. The van der Waals surface area contributed by atoms with E-state index in [1.807, 2.05) is 0 Å². The second-order valence-corrected chi connectivity index (χ2v) is 9.17. The van der Waals surface area contributed by atoms with Crippen LogP contribution in [0.15, 0.2) is 0 Å². The first-order valence-corrected chi connectivity index (χ1v) is 7.70. The molecule has 20 heavy (non-hydrogen) atoms. The first kappa shape index (κ1) is 17.2. The van der Waals surface area contributed by atoms with Gasteiger partial charge < -0.3 is 0 Å². The van der Waals surface area contributed by atoms with E-state index < -0.39 is 0 Å². The lowest BCUT2D eigenvalue weighted by atomic mass is 9.69. The van der Waals surface area contributed by atoms with Gasteiger partial charge in [-0.2, -0.15) is 0 Å². The molecule has 0 aliphatic carbocycles. The van der Waals surface area contributed by atoms with Gasteiger partial charge in [0.25, 0.3) is 0 Å². The van der Waals surface area contributed by atoms with Gasteiger partial charge in [-0.3, -0.25) is 4.98 Å². The molecule has 0 saturated heterocycles. The van der Waals surface area contributed by atoms with Crippen molar-refractivity contribution < 1.29 is 0 Å². The van der Waals surface area contributed by atoms with Gasteiger partial charge in [0, 0.05) is 11.1 Å². The van der Waals surface area contributed by atoms with Crippen molar-refractivity contribution >= 4 is 0 Å². The molecule has 0 amide bonds. The summed E-state index contributed by atoms with van der Waals surface area (Å²) in [5, 5.41) is 0. The number of aryl methyl sites for hydroxylation is 1. The Morgan fingerprint density at radius 3 is 1.30 bits per heavy atom. The van der Waals surface area contributed by atoms with Crippen LogP contribution in [0.3, 0.4) is 0 Å². The predicted octanol–water partition coefficient (Wildman–Crippen LogP) is 5.59. The molecule has 1 heterocycles. The van der Waals surface area contributed by atoms with Gasteiger partial charge in [0.15, 0.2) is 0 Å². The van der Waals surface area contributed by atoms with Crippen LogP contribution in [0.4, 0.5) is 0 Å². The summed E-state index contributed by atoms with van der Waals surface area (Å²) < 4.78 is 0. The van der Waals surface area contributed by atoms with Crippen LogP contribution in [-0.2, 0) is 16.2 Å². The zero-order valence-corrected chi connectivity index (χ0v) is 15.4. The van der Waals surface area contributed by atoms with Gasteiger partial charge in [0.1, 0.15) is 0 Å². The number of pyridine rings is 1. The first-order valence-electron chi connectivity index (χ1n) is 7.70. The van der Waals surface area contributed by atoms with Gasteiger partial charge >= 0.3 is 0 Å². The molecule has 1 heteroatoms. The smallest absolute Gasteiger partial charge is 0.0500 e. The number of hydrogen-bond donors (Lipinski definition) is 0. The number of rotatable bonds is 0. The second kappa shape index (κ2) is 4.86. The highest BCUT2D eigenvalue weighted by Crippen LogP contribution is 2.41. The molecule has 0 bridgehead atoms. The van der Waals surface area contributed by atoms with Crippen molar-refractivity contribution in [3.8, 4) is 0 Å². The standard InChI is InChI=1S/C19H33N/c1-12-13(2)20-16(19(9,10)11)15(18(6,7)8)14(12)17(3,4)5/h1-11H3. The SMILES string of the molecule is Cc1nc(C(C)(C)C)c(C(C)(C)C)c(C(C)(C)C)c1C. The summed E-state index contributed by atoms with van der Waals surface area (Å²) in [5.41, 5.74) is 7.04. The first-order chi connectivity index (χ1) is 8.67. The lowest BCUT2D eigenvalue weighted by Crippen LogP contribution is -2.31. The highest BCUT2D eigenvalue weighted by Gasteiger charge is 2.34. The molecule has 1 aromatic rings. The number of hydrogen-bond acceptors (Lipinski definition) is 1. The molecular formula is C19H33N. The van der Waals surface area contributed by atoms with Gasteiger partial charge in [-0.05, 0) is 41.4 Å². The van der Waals surface area contributed by atoms with Gasteiger partial charge in [-0.25, -0.2) is 0 Å². The molecule has 0 aliphatic rings. The van der Waals surface area contributed by atoms with E-state index in [0.29, 0.717) is 0 Å². The van der Waals surface area contributed by atoms with E-state index in [2.05, 4.69) is 76.2 Å². The lowest BCUT2D eigenvalue weighted by molar-refractivity contribution is 0.481. The topological polar surface area (TPSA) is 12.9 Å². The normalized spacial score (nSPS) is 13.8. The van der Waals surface area contributed by atoms with Crippen LogP contribution in [0.25, 0.3) is 0 Å². The molecule has 1 nitrogen and oxygen atoms in total. The molecule has 0 atom stereocenters. The van der Waals surface area contributed by atoms with Crippen LogP contribution < -0.4 is 0 Å². The van der Waals surface area contributed by atoms with Gasteiger partial charge in [0.2, 0.25) is 0 Å². The van der Waals surface area contributed by atoms with Gasteiger partial charge in [-0.1, -0.05) is 62.3 Å². The Labute approximate surface area is 126 Å². The zero-order valence-electron chi connectivity index (χ0n) is 15.4. The Hall–Kier alpha value is -0.850. The van der Waals surface area contributed by atoms with E-state index in [0.717, 1.165) is 0 Å². The molecule has 0 unspecified atom stereocenters. The van der Waals surface area contributed by atoms with Crippen molar-refractivity contribution in [2.75, 3.05) is 0 Å². The summed E-state index contributed by atoms with van der Waals surface area (Å²) in [5.74, 6) is 0. The summed E-state index contributed by atoms with van der Waals surface area (Å²) in [7, 11) is 0. The van der Waals surface area contributed by atoms with E-state index in [1.54, 1.807) is 0 Å². The Morgan fingerprint density at radius 1 is 0.600 bits per heavy atom. The van der Waals surface area contributed by atoms with Crippen molar-refractivity contribution in [2.24, 2.45) is 0 Å². The quantitative estimate of drug-likeness (QED) is 0.601. The zero-order chi connectivity index (χ0) is 16.1. The third-order valence-corrected chi connectivity index (χ3v) is 3.89. The van der Waals surface area contributed by atoms with Crippen molar-refractivity contribution in [3.63, 3.8) is 0 Å². The average Bonchev–Trinajstić information content (AvgIpc) is 2.15. The molecule has 1 aromatic heterocycles. The Morgan fingerprint density at radius 2 is 1.00 bits per heavy atom. The molecule has 0 N–H and O–H groups in total. The van der Waals surface area contributed by atoms with Crippen LogP contribution in [0.2, 0.25) is 0 Å². The molecule has 0 aromatic carbocycles. The molecule has 0 saturated carbocycles. The van der Waals surface area contributed by atoms with E-state index in [1.165, 1.54) is 28.1 Å². The average molecular weight is 275 g/mol. The van der Waals surface area contributed by atoms with Crippen LogP contribution >= 0.6 is 0 Å². The minimum atomic E-state index is 0.0705. The predicted molar refractivity (Wildman–Crippen MR) is 89.8 cm³/mol. The minimum absolute atomic E-state index is 0.0705. The fraction of sp³-hybridized carbons (Fsp3) is 0.737. The van der Waals surface area contributed by atoms with Crippen molar-refractivity contribution in [2.45, 2.75) is 92.4 Å². The molecule has 0 fully saturated rings. The summed E-state index contributed by atoms with van der Waals surface area (Å²) in [6.45, 7) is 25.1. The van der Waals surface area contributed by atoms with Crippen LogP contribution in [0.1, 0.15) is 90.4 Å². The fourth-order valence-electron chi connectivity index (χ4n) is 3.00. The van der Waals surface area contributed by atoms with E-state index in [9.17, 15) is 0 Å². The third kappa shape index (κ3) is 3.24. The summed E-state index contributed by atoms with van der Waals surface area (Å²) in [6.07, 6.45) is 0. The number of nitrogens with zero attached hydrogens (tertiary/aromatic N) is 1. The highest BCUT2D eigenvalue weighted by molar-refractivity contribution is 5.49. The van der Waals surface area contributed by atoms with Crippen LogP contribution in [0.5, 0.6) is 0 Å². The van der Waals surface area contributed by atoms with Crippen LogP contribution in [-0.4, -0.2) is 4.98 Å². The monoisotopic (exact) mass is 275 g/mol.